The molecule has 1 unspecified atom stereocenters. The summed E-state index contributed by atoms with van der Waals surface area (Å²) in [5, 5.41) is 3.86. The van der Waals surface area contributed by atoms with Crippen LogP contribution in [-0.4, -0.2) is 53.0 Å². The number of anilines is 1. The fraction of sp³-hybridized carbons (Fsp3) is 0.207. The molecule has 0 aliphatic carbocycles. The smallest absolute Gasteiger partial charge is 0.338 e. The normalized spacial score (nSPS) is 14.7. The van der Waals surface area contributed by atoms with E-state index in [4.69, 9.17) is 17.0 Å². The van der Waals surface area contributed by atoms with Crippen LogP contribution < -0.4 is 15.6 Å². The molecule has 1 heterocycles. The van der Waals surface area contributed by atoms with Gasteiger partial charge < -0.3 is 10.1 Å². The Morgan fingerprint density at radius 2 is 1.70 bits per heavy atom. The van der Waals surface area contributed by atoms with Gasteiger partial charge in [-0.05, 0) is 73.6 Å². The monoisotopic (exact) mass is 562 g/mol. The number of hydrogen-bond acceptors (Lipinski definition) is 6. The largest absolute Gasteiger partial charge is 0.462 e. The van der Waals surface area contributed by atoms with Crippen molar-refractivity contribution < 1.29 is 28.3 Å². The molecule has 2 N–H and O–H groups in total. The summed E-state index contributed by atoms with van der Waals surface area (Å²) >= 11 is 5.54. The molecule has 1 fully saturated rings. The van der Waals surface area contributed by atoms with Crippen molar-refractivity contribution in [2.75, 3.05) is 18.1 Å². The maximum Gasteiger partial charge on any atom is 0.338 e. The summed E-state index contributed by atoms with van der Waals surface area (Å²) in [4.78, 5) is 52.6. The van der Waals surface area contributed by atoms with Crippen LogP contribution in [0.4, 0.5) is 10.1 Å². The summed E-state index contributed by atoms with van der Waals surface area (Å²) < 4.78 is 18.7. The number of carbonyl (C=O) groups excluding carboxylic acids is 4. The third-order valence-electron chi connectivity index (χ3n) is 6.12. The minimum absolute atomic E-state index is 0.0125. The first-order valence-electron chi connectivity index (χ1n) is 12.6. The van der Waals surface area contributed by atoms with Crippen molar-refractivity contribution in [1.82, 2.24) is 15.8 Å². The van der Waals surface area contributed by atoms with E-state index in [1.54, 1.807) is 6.92 Å². The second-order valence-corrected chi connectivity index (χ2v) is 9.22. The molecule has 1 aliphatic heterocycles. The highest BCUT2D eigenvalue weighted by molar-refractivity contribution is 7.80. The SMILES string of the molecule is CCOC(=O)c1ccc(N2C(=O)C(CC(=O)NCCc3ccccc3)N(NC(=O)c3cccc(F)c3)C2=S)cc1. The second-order valence-electron chi connectivity index (χ2n) is 8.85. The van der Waals surface area contributed by atoms with Crippen molar-refractivity contribution in [2.45, 2.75) is 25.8 Å². The van der Waals surface area contributed by atoms with Crippen LogP contribution in [0.5, 0.6) is 0 Å². The van der Waals surface area contributed by atoms with Gasteiger partial charge in [-0.25, -0.2) is 14.2 Å². The van der Waals surface area contributed by atoms with Crippen molar-refractivity contribution in [3.8, 4) is 0 Å². The third kappa shape index (κ3) is 6.67. The number of nitrogens with zero attached hydrogens (tertiary/aromatic N) is 2. The Morgan fingerprint density at radius 3 is 2.38 bits per heavy atom. The van der Waals surface area contributed by atoms with E-state index in [2.05, 4.69) is 10.7 Å². The molecule has 206 valence electrons. The molecule has 9 nitrogen and oxygen atoms in total. The lowest BCUT2D eigenvalue weighted by Crippen LogP contribution is -2.50. The number of benzene rings is 3. The molecule has 1 saturated heterocycles. The van der Waals surface area contributed by atoms with Crippen LogP contribution in [0.25, 0.3) is 0 Å². The molecule has 0 radical (unpaired) electrons. The van der Waals surface area contributed by atoms with Crippen molar-refractivity contribution in [3.05, 3.63) is 101 Å². The Labute approximate surface area is 235 Å². The predicted molar refractivity (Wildman–Crippen MR) is 150 cm³/mol. The van der Waals surface area contributed by atoms with Crippen molar-refractivity contribution in [3.63, 3.8) is 0 Å². The lowest BCUT2D eigenvalue weighted by molar-refractivity contribution is -0.127. The average Bonchev–Trinajstić information content (AvgIpc) is 3.17. The zero-order valence-electron chi connectivity index (χ0n) is 21.6. The fourth-order valence-electron chi connectivity index (χ4n) is 4.14. The van der Waals surface area contributed by atoms with Gasteiger partial charge in [0.05, 0.1) is 24.3 Å². The maximum atomic E-state index is 13.7. The molecule has 3 aromatic rings. The number of carbonyl (C=O) groups is 4. The van der Waals surface area contributed by atoms with Crippen LogP contribution in [0.1, 0.15) is 39.6 Å². The van der Waals surface area contributed by atoms with E-state index in [-0.39, 0.29) is 29.3 Å². The molecule has 4 rings (SSSR count). The number of nitrogens with one attached hydrogen (secondary N) is 2. The molecule has 11 heteroatoms. The molecule has 0 bridgehead atoms. The number of amides is 3. The highest BCUT2D eigenvalue weighted by Gasteiger charge is 2.45. The van der Waals surface area contributed by atoms with Gasteiger partial charge in [0.2, 0.25) is 11.0 Å². The number of rotatable bonds is 10. The fourth-order valence-corrected chi connectivity index (χ4v) is 4.51. The third-order valence-corrected chi connectivity index (χ3v) is 6.50. The van der Waals surface area contributed by atoms with Crippen LogP contribution in [-0.2, 0) is 20.7 Å². The molecular formula is C29H27FN4O5S. The Kier molecular flexibility index (Phi) is 9.18. The van der Waals surface area contributed by atoms with E-state index in [0.29, 0.717) is 18.7 Å². The van der Waals surface area contributed by atoms with Crippen LogP contribution in [0.3, 0.4) is 0 Å². The summed E-state index contributed by atoms with van der Waals surface area (Å²) in [6.45, 7) is 2.26. The highest BCUT2D eigenvalue weighted by Crippen LogP contribution is 2.27. The van der Waals surface area contributed by atoms with Crippen LogP contribution in [0, 0.1) is 5.82 Å². The molecule has 0 saturated carbocycles. The first-order chi connectivity index (χ1) is 19.3. The Bertz CT molecular complexity index is 1420. The van der Waals surface area contributed by atoms with E-state index in [9.17, 15) is 23.6 Å². The molecule has 1 atom stereocenters. The van der Waals surface area contributed by atoms with Gasteiger partial charge in [0.1, 0.15) is 11.9 Å². The highest BCUT2D eigenvalue weighted by atomic mass is 32.1. The molecule has 0 aromatic heterocycles. The van der Waals surface area contributed by atoms with E-state index >= 15 is 0 Å². The summed E-state index contributed by atoms with van der Waals surface area (Å²) in [5.74, 6) is -2.79. The van der Waals surface area contributed by atoms with E-state index < -0.39 is 35.5 Å². The molecule has 40 heavy (non-hydrogen) atoms. The molecule has 3 aromatic carbocycles. The zero-order valence-corrected chi connectivity index (χ0v) is 22.4. The van der Waals surface area contributed by atoms with Crippen molar-refractivity contribution in [2.24, 2.45) is 0 Å². The molecule has 1 aliphatic rings. The summed E-state index contributed by atoms with van der Waals surface area (Å²) in [6, 6.07) is 19.5. The van der Waals surface area contributed by atoms with Gasteiger partial charge in [-0.3, -0.25) is 24.7 Å². The average molecular weight is 563 g/mol. The van der Waals surface area contributed by atoms with Crippen LogP contribution in [0.2, 0.25) is 0 Å². The lowest BCUT2D eigenvalue weighted by Gasteiger charge is -2.24. The first-order valence-corrected chi connectivity index (χ1v) is 13.0. The van der Waals surface area contributed by atoms with Gasteiger partial charge in [0.25, 0.3) is 11.8 Å². The second kappa shape index (κ2) is 12.9. The summed E-state index contributed by atoms with van der Waals surface area (Å²) in [7, 11) is 0. The van der Waals surface area contributed by atoms with Gasteiger partial charge in [0, 0.05) is 12.1 Å². The number of hydrogen-bond donors (Lipinski definition) is 2. The number of ether oxygens (including phenoxy) is 1. The van der Waals surface area contributed by atoms with Gasteiger partial charge in [0.15, 0.2) is 0 Å². The van der Waals surface area contributed by atoms with E-state index in [1.165, 1.54) is 47.4 Å². The van der Waals surface area contributed by atoms with Gasteiger partial charge >= 0.3 is 5.97 Å². The Hall–Kier alpha value is -4.64. The maximum absolute atomic E-state index is 13.7. The van der Waals surface area contributed by atoms with Gasteiger partial charge in [-0.2, -0.15) is 0 Å². The quantitative estimate of drug-likeness (QED) is 0.288. The zero-order chi connectivity index (χ0) is 28.6. The molecule has 0 spiro atoms. The Morgan fingerprint density at radius 1 is 0.975 bits per heavy atom. The van der Waals surface area contributed by atoms with E-state index in [0.717, 1.165) is 16.6 Å². The number of esters is 1. The molecular weight excluding hydrogens is 535 g/mol. The number of thiocarbonyl (C=S) groups is 1. The number of hydrazine groups is 1. The predicted octanol–water partition coefficient (Wildman–Crippen LogP) is 3.40. The van der Waals surface area contributed by atoms with E-state index in [1.807, 2.05) is 30.3 Å². The number of halogens is 1. The van der Waals surface area contributed by atoms with Gasteiger partial charge in [-0.1, -0.05) is 36.4 Å². The topological polar surface area (TPSA) is 108 Å². The van der Waals surface area contributed by atoms with Crippen LogP contribution >= 0.6 is 12.2 Å². The lowest BCUT2D eigenvalue weighted by atomic mass is 10.1. The minimum atomic E-state index is -1.16. The van der Waals surface area contributed by atoms with Crippen molar-refractivity contribution >= 4 is 46.7 Å². The van der Waals surface area contributed by atoms with Crippen molar-refractivity contribution in [1.29, 1.82) is 0 Å². The Balaban J connectivity index is 1.53. The summed E-state index contributed by atoms with van der Waals surface area (Å²) in [6.07, 6.45) is 0.303. The van der Waals surface area contributed by atoms with Crippen LogP contribution in [0.15, 0.2) is 78.9 Å². The standard InChI is InChI=1S/C29H27FN4O5S/c1-2-39-28(38)20-11-13-23(14-12-20)33-27(37)24(18-25(35)31-16-15-19-7-4-3-5-8-19)34(29(33)40)32-26(36)21-9-6-10-22(30)17-21/h3-14,17,24H,2,15-16,18H2,1H3,(H,31,35)(H,32,36). The first kappa shape index (κ1) is 28.4. The van der Waals surface area contributed by atoms with Gasteiger partial charge in [-0.15, -0.1) is 0 Å². The molecule has 3 amide bonds. The minimum Gasteiger partial charge on any atom is -0.462 e. The summed E-state index contributed by atoms with van der Waals surface area (Å²) in [5.41, 5.74) is 4.23.